The molecule has 0 aliphatic heterocycles. The first-order valence-corrected chi connectivity index (χ1v) is 7.37. The average molecular weight is 293 g/mol. The summed E-state index contributed by atoms with van der Waals surface area (Å²) < 4.78 is 31.5. The van der Waals surface area contributed by atoms with Crippen molar-refractivity contribution in [3.8, 4) is 0 Å². The van der Waals surface area contributed by atoms with E-state index >= 15 is 0 Å². The highest BCUT2D eigenvalue weighted by atomic mass is 35.5. The first kappa shape index (κ1) is 15.2. The Morgan fingerprint density at radius 1 is 1.44 bits per heavy atom. The summed E-state index contributed by atoms with van der Waals surface area (Å²) in [6, 6.07) is 2.90. The smallest absolute Gasteiger partial charge is 0.240 e. The maximum Gasteiger partial charge on any atom is 0.240 e. The number of nitrogens with two attached hydrogens (primary N) is 1. The summed E-state index contributed by atoms with van der Waals surface area (Å²) in [6.45, 7) is 4.62. The predicted molar refractivity (Wildman–Crippen MR) is 72.3 cm³/mol. The Hall–Kier alpha value is -0.820. The Labute approximate surface area is 112 Å². The van der Waals surface area contributed by atoms with Gasteiger partial charge in [0.2, 0.25) is 10.0 Å². The number of halogens is 1. The van der Waals surface area contributed by atoms with Crippen molar-refractivity contribution < 1.29 is 13.2 Å². The highest BCUT2D eigenvalue weighted by Gasteiger charge is 2.17. The van der Waals surface area contributed by atoms with Crippen LogP contribution in [0.1, 0.15) is 12.5 Å². The fourth-order valence-corrected chi connectivity index (χ4v) is 2.92. The van der Waals surface area contributed by atoms with Crippen molar-refractivity contribution in [1.82, 2.24) is 4.72 Å². The molecule has 0 bridgehead atoms. The molecule has 0 atom stereocenters. The van der Waals surface area contributed by atoms with Gasteiger partial charge in [0.1, 0.15) is 0 Å². The molecule has 102 valence electrons. The van der Waals surface area contributed by atoms with Crippen LogP contribution >= 0.6 is 11.6 Å². The topological polar surface area (TPSA) is 81.4 Å². The molecule has 1 rings (SSSR count). The quantitative estimate of drug-likeness (QED) is 0.616. The van der Waals surface area contributed by atoms with Crippen molar-refractivity contribution in [2.75, 3.05) is 25.5 Å². The Morgan fingerprint density at radius 2 is 2.11 bits per heavy atom. The lowest BCUT2D eigenvalue weighted by Crippen LogP contribution is -2.28. The van der Waals surface area contributed by atoms with E-state index in [1.165, 1.54) is 12.1 Å². The van der Waals surface area contributed by atoms with Crippen LogP contribution in [0.2, 0.25) is 5.02 Å². The second kappa shape index (κ2) is 6.38. The highest BCUT2D eigenvalue weighted by Crippen LogP contribution is 2.25. The van der Waals surface area contributed by atoms with Crippen molar-refractivity contribution in [3.63, 3.8) is 0 Å². The van der Waals surface area contributed by atoms with Gasteiger partial charge in [-0.25, -0.2) is 13.1 Å². The van der Waals surface area contributed by atoms with Crippen LogP contribution in [0, 0.1) is 6.92 Å². The first-order valence-electron chi connectivity index (χ1n) is 5.51. The third-order valence-corrected chi connectivity index (χ3v) is 4.26. The largest absolute Gasteiger partial charge is 0.397 e. The summed E-state index contributed by atoms with van der Waals surface area (Å²) in [6.07, 6.45) is 0. The summed E-state index contributed by atoms with van der Waals surface area (Å²) >= 11 is 5.82. The standard InChI is InChI=1S/C11H17ClN2O3S/c1-3-17-5-4-14-18(15,16)11-7-10(13)9(12)6-8(11)2/h6-7,14H,3-5,13H2,1-2H3. The maximum absolute atomic E-state index is 12.0. The van der Waals surface area contributed by atoms with E-state index in [0.717, 1.165) is 0 Å². The van der Waals surface area contributed by atoms with Gasteiger partial charge in [0, 0.05) is 13.2 Å². The number of nitrogens with one attached hydrogen (secondary N) is 1. The number of ether oxygens (including phenoxy) is 1. The summed E-state index contributed by atoms with van der Waals surface area (Å²) in [5, 5.41) is 0.348. The molecule has 0 saturated heterocycles. The lowest BCUT2D eigenvalue weighted by molar-refractivity contribution is 0.153. The van der Waals surface area contributed by atoms with Crippen LogP contribution in [-0.2, 0) is 14.8 Å². The Morgan fingerprint density at radius 3 is 2.72 bits per heavy atom. The zero-order valence-corrected chi connectivity index (χ0v) is 11.9. The molecule has 0 aliphatic rings. The highest BCUT2D eigenvalue weighted by molar-refractivity contribution is 7.89. The number of nitrogen functional groups attached to an aromatic ring is 1. The number of sulfonamides is 1. The monoisotopic (exact) mass is 292 g/mol. The molecule has 0 saturated carbocycles. The van der Waals surface area contributed by atoms with Crippen LogP contribution in [0.3, 0.4) is 0 Å². The summed E-state index contributed by atoms with van der Waals surface area (Å²) in [4.78, 5) is 0.140. The fraction of sp³-hybridized carbons (Fsp3) is 0.455. The van der Waals surface area contributed by atoms with E-state index in [0.29, 0.717) is 23.8 Å². The minimum Gasteiger partial charge on any atom is -0.397 e. The predicted octanol–water partition coefficient (Wildman–Crippen LogP) is 1.55. The molecule has 1 aromatic carbocycles. The molecule has 0 heterocycles. The second-order valence-electron chi connectivity index (χ2n) is 3.73. The van der Waals surface area contributed by atoms with Crippen LogP contribution in [0.4, 0.5) is 5.69 Å². The number of benzene rings is 1. The Kier molecular flexibility index (Phi) is 5.40. The number of anilines is 1. The van der Waals surface area contributed by atoms with Gasteiger partial charge in [0.25, 0.3) is 0 Å². The van der Waals surface area contributed by atoms with Crippen molar-refractivity contribution in [3.05, 3.63) is 22.7 Å². The molecule has 0 amide bonds. The molecule has 5 nitrogen and oxygen atoms in total. The number of hydrogen-bond donors (Lipinski definition) is 2. The fourth-order valence-electron chi connectivity index (χ4n) is 1.43. The minimum absolute atomic E-state index is 0.140. The molecular weight excluding hydrogens is 276 g/mol. The molecule has 0 aliphatic carbocycles. The van der Waals surface area contributed by atoms with Gasteiger partial charge in [-0.05, 0) is 31.5 Å². The van der Waals surface area contributed by atoms with Crippen LogP contribution in [0.5, 0.6) is 0 Å². The first-order chi connectivity index (χ1) is 8.38. The molecule has 0 unspecified atom stereocenters. The van der Waals surface area contributed by atoms with Gasteiger partial charge < -0.3 is 10.5 Å². The van der Waals surface area contributed by atoms with Crippen molar-refractivity contribution in [2.24, 2.45) is 0 Å². The lowest BCUT2D eigenvalue weighted by Gasteiger charge is -2.11. The molecular formula is C11H17ClN2O3S. The summed E-state index contributed by atoms with van der Waals surface area (Å²) in [5.41, 5.74) is 6.41. The van der Waals surface area contributed by atoms with Gasteiger partial charge in [-0.1, -0.05) is 11.6 Å². The van der Waals surface area contributed by atoms with E-state index in [2.05, 4.69) is 4.72 Å². The minimum atomic E-state index is -3.58. The van der Waals surface area contributed by atoms with E-state index in [9.17, 15) is 8.42 Å². The third-order valence-electron chi connectivity index (χ3n) is 2.33. The maximum atomic E-state index is 12.0. The number of hydrogen-bond acceptors (Lipinski definition) is 4. The second-order valence-corrected chi connectivity index (χ2v) is 5.88. The summed E-state index contributed by atoms with van der Waals surface area (Å²) in [7, 11) is -3.58. The molecule has 0 spiro atoms. The molecule has 7 heteroatoms. The lowest BCUT2D eigenvalue weighted by atomic mass is 10.2. The van der Waals surface area contributed by atoms with E-state index in [1.54, 1.807) is 6.92 Å². The van der Waals surface area contributed by atoms with Crippen LogP contribution in [-0.4, -0.2) is 28.2 Å². The third kappa shape index (κ3) is 3.84. The molecule has 18 heavy (non-hydrogen) atoms. The van der Waals surface area contributed by atoms with Crippen molar-refractivity contribution in [2.45, 2.75) is 18.7 Å². The molecule has 3 N–H and O–H groups in total. The van der Waals surface area contributed by atoms with Crippen molar-refractivity contribution >= 4 is 27.3 Å². The number of rotatable bonds is 6. The van der Waals surface area contributed by atoms with Gasteiger partial charge in [0.05, 0.1) is 22.2 Å². The van der Waals surface area contributed by atoms with E-state index in [-0.39, 0.29) is 17.1 Å². The van der Waals surface area contributed by atoms with E-state index in [1.807, 2.05) is 6.92 Å². The SMILES string of the molecule is CCOCCNS(=O)(=O)c1cc(N)c(Cl)cc1C. The van der Waals surface area contributed by atoms with Crippen LogP contribution < -0.4 is 10.5 Å². The molecule has 0 aromatic heterocycles. The number of aryl methyl sites for hydroxylation is 1. The van der Waals surface area contributed by atoms with Gasteiger partial charge in [0.15, 0.2) is 0 Å². The van der Waals surface area contributed by atoms with Gasteiger partial charge in [-0.15, -0.1) is 0 Å². The van der Waals surface area contributed by atoms with E-state index in [4.69, 9.17) is 22.1 Å². The summed E-state index contributed by atoms with van der Waals surface area (Å²) in [5.74, 6) is 0. The normalized spacial score (nSPS) is 11.7. The average Bonchev–Trinajstić information content (AvgIpc) is 2.29. The van der Waals surface area contributed by atoms with Gasteiger partial charge in [-0.2, -0.15) is 0 Å². The van der Waals surface area contributed by atoms with E-state index < -0.39 is 10.0 Å². The Balaban J connectivity index is 2.88. The van der Waals surface area contributed by atoms with Gasteiger partial charge >= 0.3 is 0 Å². The van der Waals surface area contributed by atoms with Gasteiger partial charge in [-0.3, -0.25) is 0 Å². The molecule has 0 radical (unpaired) electrons. The van der Waals surface area contributed by atoms with Crippen molar-refractivity contribution in [1.29, 1.82) is 0 Å². The van der Waals surface area contributed by atoms with Crippen LogP contribution in [0.25, 0.3) is 0 Å². The zero-order chi connectivity index (χ0) is 13.8. The van der Waals surface area contributed by atoms with Crippen LogP contribution in [0.15, 0.2) is 17.0 Å². The molecule has 0 fully saturated rings. The zero-order valence-electron chi connectivity index (χ0n) is 10.4. The molecule has 1 aromatic rings. The Bertz CT molecular complexity index is 517.